The Morgan fingerprint density at radius 1 is 1.41 bits per heavy atom. The molecule has 4 nitrogen and oxygen atoms in total. The molecule has 0 bridgehead atoms. The van der Waals surface area contributed by atoms with Crippen molar-refractivity contribution in [3.05, 3.63) is 28.3 Å². The number of benzene rings is 1. The van der Waals surface area contributed by atoms with Crippen LogP contribution in [0.4, 0.5) is 0 Å². The van der Waals surface area contributed by atoms with Crippen LogP contribution in [-0.2, 0) is 5.41 Å². The van der Waals surface area contributed by atoms with Crippen molar-refractivity contribution in [1.29, 1.82) is 5.26 Å². The maximum atomic E-state index is 11.1. The SMILES string of the molecule is Cc1c(C#N)cc(C(C)(C)C)c(O)c1C(=O)O. The van der Waals surface area contributed by atoms with Crippen molar-refractivity contribution in [3.8, 4) is 11.8 Å². The van der Waals surface area contributed by atoms with Gasteiger partial charge in [0.2, 0.25) is 0 Å². The maximum Gasteiger partial charge on any atom is 0.339 e. The van der Waals surface area contributed by atoms with Crippen LogP contribution in [0.15, 0.2) is 6.07 Å². The number of aromatic carboxylic acids is 1. The van der Waals surface area contributed by atoms with E-state index in [0.717, 1.165) is 0 Å². The Morgan fingerprint density at radius 3 is 2.29 bits per heavy atom. The lowest BCUT2D eigenvalue weighted by Gasteiger charge is -2.22. The average Bonchev–Trinajstić information content (AvgIpc) is 2.15. The quantitative estimate of drug-likeness (QED) is 0.781. The summed E-state index contributed by atoms with van der Waals surface area (Å²) in [6, 6.07) is 3.51. The Hall–Kier alpha value is -2.02. The highest BCUT2D eigenvalue weighted by molar-refractivity contribution is 5.94. The van der Waals surface area contributed by atoms with Crippen LogP contribution in [0.3, 0.4) is 0 Å². The summed E-state index contributed by atoms with van der Waals surface area (Å²) in [7, 11) is 0. The molecular weight excluding hydrogens is 218 g/mol. The van der Waals surface area contributed by atoms with E-state index >= 15 is 0 Å². The van der Waals surface area contributed by atoms with Crippen molar-refractivity contribution in [2.24, 2.45) is 0 Å². The Balaban J connectivity index is 3.74. The average molecular weight is 233 g/mol. The Labute approximate surface area is 100 Å². The van der Waals surface area contributed by atoms with Crippen LogP contribution >= 0.6 is 0 Å². The molecule has 0 aromatic heterocycles. The maximum absolute atomic E-state index is 11.1. The van der Waals surface area contributed by atoms with Crippen molar-refractivity contribution >= 4 is 5.97 Å². The second-order valence-corrected chi connectivity index (χ2v) is 4.99. The number of phenols is 1. The van der Waals surface area contributed by atoms with Gasteiger partial charge in [-0.3, -0.25) is 0 Å². The minimum Gasteiger partial charge on any atom is -0.507 e. The molecule has 0 heterocycles. The fraction of sp³-hybridized carbons (Fsp3) is 0.385. The van der Waals surface area contributed by atoms with Gasteiger partial charge in [0.15, 0.2) is 0 Å². The van der Waals surface area contributed by atoms with Gasteiger partial charge in [-0.25, -0.2) is 4.79 Å². The molecule has 0 aliphatic rings. The van der Waals surface area contributed by atoms with Gasteiger partial charge >= 0.3 is 5.97 Å². The summed E-state index contributed by atoms with van der Waals surface area (Å²) in [5.74, 6) is -1.47. The number of nitriles is 1. The number of carboxylic acids is 1. The molecule has 90 valence electrons. The van der Waals surface area contributed by atoms with E-state index in [2.05, 4.69) is 0 Å². The van der Waals surface area contributed by atoms with Crippen LogP contribution in [0.1, 0.15) is 47.8 Å². The van der Waals surface area contributed by atoms with Crippen LogP contribution in [0.5, 0.6) is 5.75 Å². The molecule has 17 heavy (non-hydrogen) atoms. The Kier molecular flexibility index (Phi) is 3.14. The third kappa shape index (κ3) is 2.23. The first-order chi connectivity index (χ1) is 7.70. The zero-order chi connectivity index (χ0) is 13.4. The zero-order valence-corrected chi connectivity index (χ0v) is 10.3. The molecule has 0 saturated heterocycles. The van der Waals surface area contributed by atoms with Crippen molar-refractivity contribution < 1.29 is 15.0 Å². The molecule has 0 fully saturated rings. The largest absolute Gasteiger partial charge is 0.507 e. The standard InChI is InChI=1S/C13H15NO3/c1-7-8(6-14)5-9(13(2,3)4)11(15)10(7)12(16)17/h5,15H,1-4H3,(H,16,17). The number of hydrogen-bond acceptors (Lipinski definition) is 3. The number of nitrogens with zero attached hydrogens (tertiary/aromatic N) is 1. The number of rotatable bonds is 1. The van der Waals surface area contributed by atoms with Crippen LogP contribution in [0.25, 0.3) is 0 Å². The molecule has 1 aromatic rings. The Bertz CT molecular complexity index is 519. The van der Waals surface area contributed by atoms with Gasteiger partial charge in [-0.1, -0.05) is 20.8 Å². The van der Waals surface area contributed by atoms with Gasteiger partial charge in [-0.2, -0.15) is 5.26 Å². The first kappa shape index (κ1) is 13.0. The van der Waals surface area contributed by atoms with E-state index in [4.69, 9.17) is 10.4 Å². The predicted octanol–water partition coefficient (Wildman–Crippen LogP) is 2.57. The van der Waals surface area contributed by atoms with Crippen molar-refractivity contribution in [1.82, 2.24) is 0 Å². The molecule has 0 atom stereocenters. The third-order valence-corrected chi connectivity index (χ3v) is 2.70. The van der Waals surface area contributed by atoms with Gasteiger partial charge in [-0.15, -0.1) is 0 Å². The first-order valence-electron chi connectivity index (χ1n) is 5.20. The topological polar surface area (TPSA) is 81.3 Å². The summed E-state index contributed by atoms with van der Waals surface area (Å²) in [4.78, 5) is 11.1. The van der Waals surface area contributed by atoms with Gasteiger partial charge < -0.3 is 10.2 Å². The molecule has 0 amide bonds. The number of aromatic hydroxyl groups is 1. The number of carboxylic acid groups (broad SMARTS) is 1. The summed E-state index contributed by atoms with van der Waals surface area (Å²) in [6.07, 6.45) is 0. The summed E-state index contributed by atoms with van der Waals surface area (Å²) >= 11 is 0. The molecule has 0 aliphatic carbocycles. The molecule has 0 aliphatic heterocycles. The van der Waals surface area contributed by atoms with Crippen LogP contribution in [-0.4, -0.2) is 16.2 Å². The van der Waals surface area contributed by atoms with Gasteiger partial charge in [0, 0.05) is 5.56 Å². The first-order valence-corrected chi connectivity index (χ1v) is 5.20. The highest BCUT2D eigenvalue weighted by atomic mass is 16.4. The summed E-state index contributed by atoms with van der Waals surface area (Å²) in [5.41, 5.74) is 0.440. The van der Waals surface area contributed by atoms with E-state index in [1.165, 1.54) is 6.92 Å². The zero-order valence-electron chi connectivity index (χ0n) is 10.3. The molecule has 1 aromatic carbocycles. The van der Waals surface area contributed by atoms with E-state index in [1.54, 1.807) is 6.07 Å². The fourth-order valence-corrected chi connectivity index (χ4v) is 1.72. The molecule has 0 saturated carbocycles. The lowest BCUT2D eigenvalue weighted by molar-refractivity contribution is 0.0692. The van der Waals surface area contributed by atoms with Crippen molar-refractivity contribution in [3.63, 3.8) is 0 Å². The normalized spacial score (nSPS) is 11.0. The molecule has 0 unspecified atom stereocenters. The molecule has 4 heteroatoms. The lowest BCUT2D eigenvalue weighted by Crippen LogP contribution is -2.15. The van der Waals surface area contributed by atoms with E-state index in [1.807, 2.05) is 26.8 Å². The van der Waals surface area contributed by atoms with E-state index in [-0.39, 0.29) is 16.9 Å². The van der Waals surface area contributed by atoms with Gasteiger partial charge in [-0.05, 0) is 24.0 Å². The number of hydrogen-bond donors (Lipinski definition) is 2. The van der Waals surface area contributed by atoms with Gasteiger partial charge in [0.1, 0.15) is 11.3 Å². The smallest absolute Gasteiger partial charge is 0.339 e. The minimum absolute atomic E-state index is 0.186. The van der Waals surface area contributed by atoms with Crippen molar-refractivity contribution in [2.75, 3.05) is 0 Å². The van der Waals surface area contributed by atoms with E-state index < -0.39 is 11.4 Å². The predicted molar refractivity (Wildman–Crippen MR) is 63.2 cm³/mol. The summed E-state index contributed by atoms with van der Waals surface area (Å²) in [6.45, 7) is 7.08. The van der Waals surface area contributed by atoms with Crippen LogP contribution in [0, 0.1) is 18.3 Å². The molecule has 0 spiro atoms. The second kappa shape index (κ2) is 4.10. The van der Waals surface area contributed by atoms with Crippen molar-refractivity contribution in [2.45, 2.75) is 33.1 Å². The Morgan fingerprint density at radius 2 is 1.94 bits per heavy atom. The van der Waals surface area contributed by atoms with Gasteiger partial charge in [0.25, 0.3) is 0 Å². The molecular formula is C13H15NO3. The lowest BCUT2D eigenvalue weighted by atomic mass is 9.82. The fourth-order valence-electron chi connectivity index (χ4n) is 1.72. The summed E-state index contributed by atoms with van der Waals surface area (Å²) < 4.78 is 0. The second-order valence-electron chi connectivity index (χ2n) is 4.99. The molecule has 2 N–H and O–H groups in total. The molecule has 0 radical (unpaired) electrons. The molecule has 1 rings (SSSR count). The van der Waals surface area contributed by atoms with E-state index in [0.29, 0.717) is 11.1 Å². The van der Waals surface area contributed by atoms with Gasteiger partial charge in [0.05, 0.1) is 11.6 Å². The van der Waals surface area contributed by atoms with Crippen LogP contribution < -0.4 is 0 Å². The summed E-state index contributed by atoms with van der Waals surface area (Å²) in [5, 5.41) is 28.1. The highest BCUT2D eigenvalue weighted by Gasteiger charge is 2.26. The van der Waals surface area contributed by atoms with E-state index in [9.17, 15) is 9.90 Å². The third-order valence-electron chi connectivity index (χ3n) is 2.70. The monoisotopic (exact) mass is 233 g/mol. The highest BCUT2D eigenvalue weighted by Crippen LogP contribution is 2.36. The number of carbonyl (C=O) groups is 1. The minimum atomic E-state index is -1.22. The van der Waals surface area contributed by atoms with Crippen LogP contribution in [0.2, 0.25) is 0 Å².